The van der Waals surface area contributed by atoms with Crippen LogP contribution in [0.1, 0.15) is 56.1 Å². The summed E-state index contributed by atoms with van der Waals surface area (Å²) in [6.07, 6.45) is 5.41. The molecule has 0 bridgehead atoms. The second kappa shape index (κ2) is 7.97. The van der Waals surface area contributed by atoms with E-state index >= 15 is 0 Å². The lowest BCUT2D eigenvalue weighted by atomic mass is 9.73. The summed E-state index contributed by atoms with van der Waals surface area (Å²) in [5, 5.41) is 9.86. The van der Waals surface area contributed by atoms with Crippen LogP contribution in [0.25, 0.3) is 0 Å². The fourth-order valence-corrected chi connectivity index (χ4v) is 4.96. The first-order valence-corrected chi connectivity index (χ1v) is 10.4. The zero-order chi connectivity index (χ0) is 19.7. The van der Waals surface area contributed by atoms with Crippen molar-refractivity contribution in [3.05, 3.63) is 35.4 Å². The molecule has 3 atom stereocenters. The molecule has 28 heavy (non-hydrogen) atoms. The van der Waals surface area contributed by atoms with Gasteiger partial charge in [0.05, 0.1) is 25.2 Å². The van der Waals surface area contributed by atoms with E-state index in [1.54, 1.807) is 9.80 Å². The summed E-state index contributed by atoms with van der Waals surface area (Å²) in [5.41, 5.74) is 2.11. The van der Waals surface area contributed by atoms with E-state index in [1.165, 1.54) is 25.7 Å². The lowest BCUT2D eigenvalue weighted by Crippen LogP contribution is -2.73. The molecule has 0 radical (unpaired) electrons. The normalized spacial score (nSPS) is 27.1. The molecule has 1 aliphatic carbocycles. The Bertz CT molecular complexity index is 801. The number of carbonyl (C=O) groups is 2. The second-order valence-corrected chi connectivity index (χ2v) is 8.14. The van der Waals surface area contributed by atoms with Crippen molar-refractivity contribution in [2.24, 2.45) is 5.92 Å². The molecule has 0 unspecified atom stereocenters. The molecule has 2 saturated heterocycles. The third-order valence-corrected chi connectivity index (χ3v) is 6.48. The van der Waals surface area contributed by atoms with Gasteiger partial charge in [-0.2, -0.15) is 0 Å². The van der Waals surface area contributed by atoms with Crippen molar-refractivity contribution in [2.75, 3.05) is 19.7 Å². The average molecular weight is 380 g/mol. The molecule has 1 N–H and O–H groups in total. The molecule has 0 aromatic heterocycles. The van der Waals surface area contributed by atoms with Gasteiger partial charge in [0.2, 0.25) is 11.8 Å². The Morgan fingerprint density at radius 1 is 1.21 bits per heavy atom. The van der Waals surface area contributed by atoms with Crippen LogP contribution in [0.15, 0.2) is 24.3 Å². The maximum Gasteiger partial charge on any atom is 0.242 e. The van der Waals surface area contributed by atoms with Gasteiger partial charge in [-0.15, -0.1) is 0 Å². The van der Waals surface area contributed by atoms with Crippen molar-refractivity contribution in [1.29, 1.82) is 0 Å². The summed E-state index contributed by atoms with van der Waals surface area (Å²) in [4.78, 5) is 28.0. The lowest BCUT2D eigenvalue weighted by molar-refractivity contribution is -0.166. The Kier molecular flexibility index (Phi) is 5.41. The van der Waals surface area contributed by atoms with Gasteiger partial charge in [-0.25, -0.2) is 0 Å². The van der Waals surface area contributed by atoms with Gasteiger partial charge in [-0.05, 0) is 30.5 Å². The molecule has 3 fully saturated rings. The van der Waals surface area contributed by atoms with Crippen LogP contribution in [-0.2, 0) is 9.59 Å². The smallest absolute Gasteiger partial charge is 0.242 e. The molecule has 2 amide bonds. The van der Waals surface area contributed by atoms with Crippen LogP contribution in [0.2, 0.25) is 0 Å². The molecule has 0 spiro atoms. The van der Waals surface area contributed by atoms with Crippen LogP contribution in [0.5, 0.6) is 0 Å². The van der Waals surface area contributed by atoms with E-state index in [1.807, 2.05) is 19.1 Å². The number of hydrogen-bond acceptors (Lipinski definition) is 3. The highest BCUT2D eigenvalue weighted by atomic mass is 16.3. The monoisotopic (exact) mass is 380 g/mol. The van der Waals surface area contributed by atoms with Crippen molar-refractivity contribution < 1.29 is 14.7 Å². The van der Waals surface area contributed by atoms with Crippen LogP contribution in [-0.4, -0.2) is 58.5 Å². The summed E-state index contributed by atoms with van der Waals surface area (Å²) >= 11 is 0. The molecule has 3 aliphatic rings. The Labute approximate surface area is 166 Å². The minimum absolute atomic E-state index is 0.0109. The predicted octanol–water partition coefficient (Wildman–Crippen LogP) is 2.14. The van der Waals surface area contributed by atoms with Gasteiger partial charge < -0.3 is 14.9 Å². The zero-order valence-corrected chi connectivity index (χ0v) is 16.4. The molecular weight excluding hydrogens is 352 g/mol. The topological polar surface area (TPSA) is 60.9 Å². The number of carbonyl (C=O) groups excluding carboxylic acids is 2. The molecule has 5 nitrogen and oxygen atoms in total. The SMILES string of the molecule is CCC(=O)N1CC(=O)N2[C@H](CO)[C@@H](c3ccc(C#CC4CCCC4)cc3)[C@H]2C1. The summed E-state index contributed by atoms with van der Waals surface area (Å²) in [6, 6.07) is 7.95. The van der Waals surface area contributed by atoms with Gasteiger partial charge in [-0.3, -0.25) is 9.59 Å². The Morgan fingerprint density at radius 2 is 1.93 bits per heavy atom. The average Bonchev–Trinajstić information content (AvgIpc) is 3.22. The number of fused-ring (bicyclic) bond motifs is 1. The number of piperazine rings is 1. The number of amides is 2. The fourth-order valence-electron chi connectivity index (χ4n) is 4.96. The zero-order valence-electron chi connectivity index (χ0n) is 16.4. The third kappa shape index (κ3) is 3.42. The first kappa shape index (κ1) is 19.0. The minimum Gasteiger partial charge on any atom is -0.394 e. The van der Waals surface area contributed by atoms with Crippen molar-refractivity contribution in [1.82, 2.24) is 9.80 Å². The molecule has 1 saturated carbocycles. The highest BCUT2D eigenvalue weighted by Crippen LogP contribution is 2.42. The van der Waals surface area contributed by atoms with E-state index < -0.39 is 0 Å². The maximum atomic E-state index is 12.5. The van der Waals surface area contributed by atoms with E-state index in [0.717, 1.165) is 11.1 Å². The molecule has 2 aliphatic heterocycles. The van der Waals surface area contributed by atoms with Crippen LogP contribution in [0.3, 0.4) is 0 Å². The summed E-state index contributed by atoms with van der Waals surface area (Å²) in [5.74, 6) is 7.21. The quantitative estimate of drug-likeness (QED) is 0.818. The number of aliphatic hydroxyl groups is 1. The van der Waals surface area contributed by atoms with Gasteiger partial charge in [0.25, 0.3) is 0 Å². The van der Waals surface area contributed by atoms with Crippen molar-refractivity contribution >= 4 is 11.8 Å². The fraction of sp³-hybridized carbons (Fsp3) is 0.565. The summed E-state index contributed by atoms with van der Waals surface area (Å²) in [6.45, 7) is 2.43. The number of rotatable bonds is 3. The molecule has 5 heteroatoms. The second-order valence-electron chi connectivity index (χ2n) is 8.14. The van der Waals surface area contributed by atoms with E-state index in [2.05, 4.69) is 24.0 Å². The first-order valence-electron chi connectivity index (χ1n) is 10.4. The number of benzene rings is 1. The highest BCUT2D eigenvalue weighted by molar-refractivity contribution is 5.87. The molecule has 2 heterocycles. The molecule has 148 valence electrons. The Morgan fingerprint density at radius 3 is 2.57 bits per heavy atom. The lowest BCUT2D eigenvalue weighted by Gasteiger charge is -2.58. The molecular formula is C23H28N2O3. The van der Waals surface area contributed by atoms with Crippen molar-refractivity contribution in [3.8, 4) is 11.8 Å². The predicted molar refractivity (Wildman–Crippen MR) is 106 cm³/mol. The summed E-state index contributed by atoms with van der Waals surface area (Å²) < 4.78 is 0. The number of nitrogens with zero attached hydrogens (tertiary/aromatic N) is 2. The van der Waals surface area contributed by atoms with Crippen LogP contribution >= 0.6 is 0 Å². The van der Waals surface area contributed by atoms with Crippen LogP contribution in [0, 0.1) is 17.8 Å². The standard InChI is InChI=1S/C23H28N2O3/c1-2-21(27)24-13-19-23(20(15-26)25(19)22(28)14-24)18-11-9-17(10-12-18)8-7-16-5-3-4-6-16/h9-12,16,19-20,23,26H,2-6,13-15H2,1H3/t19-,20-,23+/m1/s1. The number of hydrogen-bond donors (Lipinski definition) is 1. The Hall–Kier alpha value is -2.32. The largest absolute Gasteiger partial charge is 0.394 e. The summed E-state index contributed by atoms with van der Waals surface area (Å²) in [7, 11) is 0. The minimum atomic E-state index is -0.202. The third-order valence-electron chi connectivity index (χ3n) is 6.48. The van der Waals surface area contributed by atoms with E-state index in [0.29, 0.717) is 18.9 Å². The van der Waals surface area contributed by atoms with Gasteiger partial charge in [0, 0.05) is 30.4 Å². The van der Waals surface area contributed by atoms with Gasteiger partial charge in [0.15, 0.2) is 0 Å². The molecule has 1 aromatic carbocycles. The van der Waals surface area contributed by atoms with Gasteiger partial charge >= 0.3 is 0 Å². The Balaban J connectivity index is 1.50. The van der Waals surface area contributed by atoms with Crippen LogP contribution in [0.4, 0.5) is 0 Å². The first-order chi connectivity index (χ1) is 13.6. The van der Waals surface area contributed by atoms with E-state index in [4.69, 9.17) is 0 Å². The van der Waals surface area contributed by atoms with Gasteiger partial charge in [0.1, 0.15) is 0 Å². The van der Waals surface area contributed by atoms with Crippen molar-refractivity contribution in [3.63, 3.8) is 0 Å². The molecule has 1 aromatic rings. The number of aliphatic hydroxyl groups excluding tert-OH is 1. The highest BCUT2D eigenvalue weighted by Gasteiger charge is 2.54. The van der Waals surface area contributed by atoms with E-state index in [-0.39, 0.29) is 43.0 Å². The van der Waals surface area contributed by atoms with Crippen molar-refractivity contribution in [2.45, 2.75) is 57.0 Å². The maximum absolute atomic E-state index is 12.5. The van der Waals surface area contributed by atoms with E-state index in [9.17, 15) is 14.7 Å². The molecule has 4 rings (SSSR count). The van der Waals surface area contributed by atoms with Gasteiger partial charge in [-0.1, -0.05) is 43.7 Å². The van der Waals surface area contributed by atoms with Crippen LogP contribution < -0.4 is 0 Å².